The molecule has 27 heavy (non-hydrogen) atoms. The van der Waals surface area contributed by atoms with E-state index in [9.17, 15) is 13.2 Å². The molecule has 1 saturated heterocycles. The summed E-state index contributed by atoms with van der Waals surface area (Å²) in [7, 11) is -2.24. The summed E-state index contributed by atoms with van der Waals surface area (Å²) >= 11 is 0. The number of aryl methyl sites for hydroxylation is 1. The van der Waals surface area contributed by atoms with Crippen LogP contribution >= 0.6 is 0 Å². The minimum atomic E-state index is -3.59. The summed E-state index contributed by atoms with van der Waals surface area (Å²) in [5.74, 6) is -0.281. The monoisotopic (exact) mass is 387 g/mol. The maximum atomic E-state index is 12.7. The van der Waals surface area contributed by atoms with Crippen LogP contribution in [0.25, 0.3) is 0 Å². The number of para-hydroxylation sites is 1. The maximum absolute atomic E-state index is 12.7. The van der Waals surface area contributed by atoms with Gasteiger partial charge in [0.15, 0.2) is 0 Å². The molecule has 2 N–H and O–H groups in total. The highest BCUT2D eigenvalue weighted by atomic mass is 32.2. The molecule has 1 amide bonds. The highest BCUT2D eigenvalue weighted by Crippen LogP contribution is 2.24. The lowest BCUT2D eigenvalue weighted by Crippen LogP contribution is -2.26. The van der Waals surface area contributed by atoms with Gasteiger partial charge in [0.2, 0.25) is 10.0 Å². The van der Waals surface area contributed by atoms with Gasteiger partial charge in [0.1, 0.15) is 0 Å². The summed E-state index contributed by atoms with van der Waals surface area (Å²) in [5, 5.41) is 2.94. The predicted molar refractivity (Wildman–Crippen MR) is 106 cm³/mol. The lowest BCUT2D eigenvalue weighted by molar-refractivity contribution is 0.0950. The van der Waals surface area contributed by atoms with Gasteiger partial charge in [0.05, 0.1) is 4.90 Å². The lowest BCUT2D eigenvalue weighted by atomic mass is 10.1. The van der Waals surface area contributed by atoms with Gasteiger partial charge in [-0.3, -0.25) is 4.79 Å². The molecular formula is C20H25N3O3S. The molecule has 0 unspecified atom stereocenters. The Hall–Kier alpha value is -2.38. The fraction of sp³-hybridized carbons (Fsp3) is 0.350. The number of hydrogen-bond acceptors (Lipinski definition) is 4. The number of sulfonamides is 1. The molecule has 0 atom stereocenters. The smallest absolute Gasteiger partial charge is 0.251 e. The molecule has 0 bridgehead atoms. The average molecular weight is 388 g/mol. The molecule has 3 rings (SSSR count). The quantitative estimate of drug-likeness (QED) is 0.798. The van der Waals surface area contributed by atoms with Crippen molar-refractivity contribution in [3.05, 3.63) is 59.2 Å². The third-order valence-electron chi connectivity index (χ3n) is 4.91. The molecule has 0 aromatic heterocycles. The molecule has 0 aliphatic carbocycles. The minimum absolute atomic E-state index is 0.0817. The number of hydrogen-bond donors (Lipinski definition) is 2. The molecule has 6 nitrogen and oxygen atoms in total. The van der Waals surface area contributed by atoms with Crippen LogP contribution in [0.1, 0.15) is 34.3 Å². The van der Waals surface area contributed by atoms with Crippen molar-refractivity contribution in [1.29, 1.82) is 0 Å². The summed E-state index contributed by atoms with van der Waals surface area (Å²) in [6, 6.07) is 12.6. The second-order valence-electron chi connectivity index (χ2n) is 6.69. The van der Waals surface area contributed by atoms with E-state index in [1.54, 1.807) is 13.0 Å². The van der Waals surface area contributed by atoms with E-state index < -0.39 is 10.0 Å². The zero-order valence-corrected chi connectivity index (χ0v) is 16.5. The highest BCUT2D eigenvalue weighted by molar-refractivity contribution is 7.89. The summed E-state index contributed by atoms with van der Waals surface area (Å²) < 4.78 is 26.3. The Bertz CT molecular complexity index is 935. The molecule has 0 saturated carbocycles. The van der Waals surface area contributed by atoms with Gasteiger partial charge in [-0.05, 0) is 56.1 Å². The van der Waals surface area contributed by atoms with E-state index in [4.69, 9.17) is 0 Å². The third kappa shape index (κ3) is 4.31. The van der Waals surface area contributed by atoms with Gasteiger partial charge in [0.25, 0.3) is 5.91 Å². The van der Waals surface area contributed by atoms with Crippen LogP contribution in [0.4, 0.5) is 5.69 Å². The van der Waals surface area contributed by atoms with E-state index in [0.29, 0.717) is 12.1 Å². The van der Waals surface area contributed by atoms with Crippen molar-refractivity contribution in [3.8, 4) is 0 Å². The molecule has 2 aromatic carbocycles. The van der Waals surface area contributed by atoms with Crippen LogP contribution in [0.15, 0.2) is 47.4 Å². The predicted octanol–water partition coefficient (Wildman–Crippen LogP) is 2.43. The zero-order valence-electron chi connectivity index (χ0n) is 15.7. The first kappa shape index (κ1) is 19.4. The number of nitrogens with zero attached hydrogens (tertiary/aromatic N) is 1. The van der Waals surface area contributed by atoms with Crippen LogP contribution < -0.4 is 14.9 Å². The molecule has 1 heterocycles. The van der Waals surface area contributed by atoms with E-state index >= 15 is 0 Å². The first-order valence-corrected chi connectivity index (χ1v) is 10.6. The van der Waals surface area contributed by atoms with Crippen LogP contribution in [-0.4, -0.2) is 34.5 Å². The van der Waals surface area contributed by atoms with Gasteiger partial charge in [-0.2, -0.15) is 0 Å². The normalized spacial score (nSPS) is 14.4. The first-order valence-electron chi connectivity index (χ1n) is 9.07. The molecule has 1 fully saturated rings. The number of rotatable bonds is 6. The number of carbonyl (C=O) groups excluding carboxylic acids is 1. The Morgan fingerprint density at radius 3 is 2.52 bits per heavy atom. The van der Waals surface area contributed by atoms with Crippen LogP contribution in [0.3, 0.4) is 0 Å². The molecule has 1 aliphatic heterocycles. The summed E-state index contributed by atoms with van der Waals surface area (Å²) in [6.07, 6.45) is 2.37. The standard InChI is InChI=1S/C20H25N3O3S/c1-15-9-10-17(27(25,26)21-2)13-18(15)20(24)22-14-16-7-3-4-8-19(16)23-11-5-6-12-23/h3-4,7-10,13,21H,5-6,11-12,14H2,1-2H3,(H,22,24). The largest absolute Gasteiger partial charge is 0.371 e. The average Bonchev–Trinajstić information content (AvgIpc) is 3.21. The van der Waals surface area contributed by atoms with Crippen molar-refractivity contribution >= 4 is 21.6 Å². The molecule has 7 heteroatoms. The van der Waals surface area contributed by atoms with E-state index in [0.717, 1.165) is 29.9 Å². The molecule has 144 valence electrons. The summed E-state index contributed by atoms with van der Waals surface area (Å²) in [6.45, 7) is 4.26. The van der Waals surface area contributed by atoms with Crippen molar-refractivity contribution < 1.29 is 13.2 Å². The van der Waals surface area contributed by atoms with Gasteiger partial charge in [-0.1, -0.05) is 24.3 Å². The van der Waals surface area contributed by atoms with Crippen molar-refractivity contribution in [2.75, 3.05) is 25.0 Å². The Morgan fingerprint density at radius 1 is 1.11 bits per heavy atom. The van der Waals surface area contributed by atoms with Crippen LogP contribution in [0, 0.1) is 6.92 Å². The number of carbonyl (C=O) groups is 1. The number of nitrogens with one attached hydrogen (secondary N) is 2. The Labute approximate surface area is 160 Å². The van der Waals surface area contributed by atoms with Crippen molar-refractivity contribution in [3.63, 3.8) is 0 Å². The summed E-state index contributed by atoms with van der Waals surface area (Å²) in [4.78, 5) is 15.1. The van der Waals surface area contributed by atoms with E-state index in [-0.39, 0.29) is 10.8 Å². The Balaban J connectivity index is 1.78. The Kier molecular flexibility index (Phi) is 5.82. The van der Waals surface area contributed by atoms with Gasteiger partial charge in [-0.15, -0.1) is 0 Å². The highest BCUT2D eigenvalue weighted by Gasteiger charge is 2.18. The Morgan fingerprint density at radius 2 is 1.81 bits per heavy atom. The maximum Gasteiger partial charge on any atom is 0.251 e. The van der Waals surface area contributed by atoms with E-state index in [1.807, 2.05) is 18.2 Å². The zero-order chi connectivity index (χ0) is 19.4. The van der Waals surface area contributed by atoms with Gasteiger partial charge >= 0.3 is 0 Å². The van der Waals surface area contributed by atoms with Crippen molar-refractivity contribution in [2.45, 2.75) is 31.2 Å². The first-order chi connectivity index (χ1) is 12.9. The molecular weight excluding hydrogens is 362 g/mol. The number of amides is 1. The topological polar surface area (TPSA) is 78.5 Å². The van der Waals surface area contributed by atoms with E-state index in [2.05, 4.69) is 21.0 Å². The fourth-order valence-electron chi connectivity index (χ4n) is 3.33. The van der Waals surface area contributed by atoms with Gasteiger partial charge in [0, 0.05) is 30.9 Å². The van der Waals surface area contributed by atoms with Crippen molar-refractivity contribution in [2.24, 2.45) is 0 Å². The second-order valence-corrected chi connectivity index (χ2v) is 8.58. The number of anilines is 1. The van der Waals surface area contributed by atoms with Crippen LogP contribution in [0.2, 0.25) is 0 Å². The van der Waals surface area contributed by atoms with Crippen LogP contribution in [0.5, 0.6) is 0 Å². The lowest BCUT2D eigenvalue weighted by Gasteiger charge is -2.21. The molecule has 2 aromatic rings. The molecule has 0 radical (unpaired) electrons. The second kappa shape index (κ2) is 8.10. The third-order valence-corrected chi connectivity index (χ3v) is 6.32. The summed E-state index contributed by atoms with van der Waals surface area (Å²) in [5.41, 5.74) is 3.31. The fourth-order valence-corrected chi connectivity index (χ4v) is 4.08. The van der Waals surface area contributed by atoms with E-state index in [1.165, 1.54) is 32.0 Å². The van der Waals surface area contributed by atoms with Crippen molar-refractivity contribution in [1.82, 2.24) is 10.0 Å². The van der Waals surface area contributed by atoms with Gasteiger partial charge in [-0.25, -0.2) is 13.1 Å². The number of benzene rings is 2. The minimum Gasteiger partial charge on any atom is -0.371 e. The SMILES string of the molecule is CNS(=O)(=O)c1ccc(C)c(C(=O)NCc2ccccc2N2CCCC2)c1. The molecule has 0 spiro atoms. The van der Waals surface area contributed by atoms with Crippen LogP contribution in [-0.2, 0) is 16.6 Å². The molecule has 1 aliphatic rings. The van der Waals surface area contributed by atoms with Gasteiger partial charge < -0.3 is 10.2 Å².